The highest BCUT2D eigenvalue weighted by Gasteiger charge is 2.34. The lowest BCUT2D eigenvalue weighted by Gasteiger charge is -2.16. The van der Waals surface area contributed by atoms with Gasteiger partial charge in [0.25, 0.3) is 0 Å². The Morgan fingerprint density at radius 2 is 2.11 bits per heavy atom. The zero-order valence-electron chi connectivity index (χ0n) is 10.9. The number of hydrogen-bond acceptors (Lipinski definition) is 5. The Kier molecular flexibility index (Phi) is 3.32. The second-order valence-electron chi connectivity index (χ2n) is 5.18. The molecule has 2 aliphatic rings. The van der Waals surface area contributed by atoms with Gasteiger partial charge < -0.3 is 10.6 Å². The maximum atomic E-state index is 4.51. The third-order valence-electron chi connectivity index (χ3n) is 3.63. The van der Waals surface area contributed by atoms with E-state index in [9.17, 15) is 0 Å². The molecule has 0 amide bonds. The molecule has 5 heteroatoms. The largest absolute Gasteiger partial charge is 0.369 e. The van der Waals surface area contributed by atoms with Gasteiger partial charge in [0.15, 0.2) is 0 Å². The third-order valence-corrected chi connectivity index (χ3v) is 3.63. The van der Waals surface area contributed by atoms with Gasteiger partial charge >= 0.3 is 0 Å². The zero-order valence-corrected chi connectivity index (χ0v) is 10.9. The summed E-state index contributed by atoms with van der Waals surface area (Å²) in [7, 11) is 0. The number of anilines is 2. The number of aromatic nitrogens is 2. The smallest absolute Gasteiger partial charge is 0.147 e. The number of nitrogens with zero attached hydrogens (tertiary/aromatic N) is 3. The van der Waals surface area contributed by atoms with Gasteiger partial charge in [-0.1, -0.05) is 0 Å². The first-order chi connectivity index (χ1) is 8.85. The van der Waals surface area contributed by atoms with Gasteiger partial charge in [-0.25, -0.2) is 4.98 Å². The quantitative estimate of drug-likeness (QED) is 0.827. The monoisotopic (exact) mass is 247 g/mol. The highest BCUT2D eigenvalue weighted by atomic mass is 15.2. The average Bonchev–Trinajstić information content (AvgIpc) is 3.12. The maximum absolute atomic E-state index is 4.51. The average molecular weight is 247 g/mol. The van der Waals surface area contributed by atoms with Crippen molar-refractivity contribution < 1.29 is 0 Å². The van der Waals surface area contributed by atoms with E-state index >= 15 is 0 Å². The van der Waals surface area contributed by atoms with Crippen molar-refractivity contribution >= 4 is 11.6 Å². The third kappa shape index (κ3) is 2.72. The summed E-state index contributed by atoms with van der Waals surface area (Å²) in [6, 6.07) is 1.40. The molecule has 1 aromatic heterocycles. The summed E-state index contributed by atoms with van der Waals surface area (Å²) < 4.78 is 0. The fraction of sp³-hybridized carbons (Fsp3) is 0.692. The molecule has 98 valence electrons. The van der Waals surface area contributed by atoms with E-state index in [-0.39, 0.29) is 0 Å². The number of likely N-dealkylation sites (tertiary alicyclic amines) is 1. The first kappa shape index (κ1) is 11.7. The molecule has 1 aromatic rings. The van der Waals surface area contributed by atoms with E-state index in [4.69, 9.17) is 0 Å². The van der Waals surface area contributed by atoms with Gasteiger partial charge in [0, 0.05) is 31.7 Å². The van der Waals surface area contributed by atoms with Crippen LogP contribution < -0.4 is 10.6 Å². The maximum Gasteiger partial charge on any atom is 0.147 e. The highest BCUT2D eigenvalue weighted by Crippen LogP contribution is 2.30. The van der Waals surface area contributed by atoms with Gasteiger partial charge in [-0.05, 0) is 26.2 Å². The molecule has 1 atom stereocenters. The molecule has 0 radical (unpaired) electrons. The SMILES string of the molecule is CCNc1cncc(NC2CCN(C3CC3)C2)n1. The molecule has 1 unspecified atom stereocenters. The molecule has 3 rings (SSSR count). The van der Waals surface area contributed by atoms with Crippen molar-refractivity contribution in [1.82, 2.24) is 14.9 Å². The lowest BCUT2D eigenvalue weighted by Crippen LogP contribution is -2.28. The molecular weight excluding hydrogens is 226 g/mol. The Balaban J connectivity index is 1.57. The summed E-state index contributed by atoms with van der Waals surface area (Å²) in [6.45, 7) is 5.31. The number of nitrogens with one attached hydrogen (secondary N) is 2. The molecule has 2 heterocycles. The first-order valence-corrected chi connectivity index (χ1v) is 6.91. The summed E-state index contributed by atoms with van der Waals surface area (Å²) in [5.74, 6) is 1.73. The topological polar surface area (TPSA) is 53.1 Å². The van der Waals surface area contributed by atoms with Crippen molar-refractivity contribution in [3.8, 4) is 0 Å². The van der Waals surface area contributed by atoms with Crippen molar-refractivity contribution in [2.24, 2.45) is 0 Å². The van der Waals surface area contributed by atoms with Crippen LogP contribution in [0.15, 0.2) is 12.4 Å². The molecule has 2 N–H and O–H groups in total. The van der Waals surface area contributed by atoms with Crippen LogP contribution in [0.25, 0.3) is 0 Å². The summed E-state index contributed by atoms with van der Waals surface area (Å²) in [6.07, 6.45) is 7.56. The molecule has 5 nitrogen and oxygen atoms in total. The van der Waals surface area contributed by atoms with Crippen LogP contribution in [-0.4, -0.2) is 46.6 Å². The van der Waals surface area contributed by atoms with Crippen LogP contribution in [-0.2, 0) is 0 Å². The predicted molar refractivity (Wildman–Crippen MR) is 72.8 cm³/mol. The van der Waals surface area contributed by atoms with Crippen LogP contribution in [0, 0.1) is 0 Å². The van der Waals surface area contributed by atoms with Crippen LogP contribution in [0.5, 0.6) is 0 Å². The Labute approximate surface area is 108 Å². The predicted octanol–water partition coefficient (Wildman–Crippen LogP) is 1.56. The minimum Gasteiger partial charge on any atom is -0.369 e. The van der Waals surface area contributed by atoms with Crippen LogP contribution in [0.4, 0.5) is 11.6 Å². The van der Waals surface area contributed by atoms with E-state index in [2.05, 4.69) is 32.4 Å². The number of hydrogen-bond donors (Lipinski definition) is 2. The van der Waals surface area contributed by atoms with Crippen LogP contribution >= 0.6 is 0 Å². The summed E-state index contributed by atoms with van der Waals surface area (Å²) in [5, 5.41) is 6.68. The lowest BCUT2D eigenvalue weighted by molar-refractivity contribution is 0.326. The number of rotatable bonds is 5. The van der Waals surface area contributed by atoms with E-state index in [0.717, 1.165) is 30.8 Å². The van der Waals surface area contributed by atoms with Gasteiger partial charge in [-0.3, -0.25) is 9.88 Å². The van der Waals surface area contributed by atoms with E-state index in [1.165, 1.54) is 25.8 Å². The van der Waals surface area contributed by atoms with Crippen molar-refractivity contribution in [3.05, 3.63) is 12.4 Å². The summed E-state index contributed by atoms with van der Waals surface area (Å²) in [4.78, 5) is 11.3. The van der Waals surface area contributed by atoms with Crippen molar-refractivity contribution in [2.75, 3.05) is 30.3 Å². The van der Waals surface area contributed by atoms with E-state index < -0.39 is 0 Å². The first-order valence-electron chi connectivity index (χ1n) is 6.91. The fourth-order valence-corrected chi connectivity index (χ4v) is 2.59. The molecule has 0 aromatic carbocycles. The normalized spacial score (nSPS) is 24.2. The zero-order chi connectivity index (χ0) is 12.4. The van der Waals surface area contributed by atoms with Gasteiger partial charge in [0.2, 0.25) is 0 Å². The molecule has 0 bridgehead atoms. The lowest BCUT2D eigenvalue weighted by atomic mass is 10.2. The van der Waals surface area contributed by atoms with Crippen molar-refractivity contribution in [2.45, 2.75) is 38.3 Å². The van der Waals surface area contributed by atoms with Gasteiger partial charge in [0.1, 0.15) is 11.6 Å². The van der Waals surface area contributed by atoms with Crippen LogP contribution in [0.1, 0.15) is 26.2 Å². The van der Waals surface area contributed by atoms with E-state index in [0.29, 0.717) is 6.04 Å². The minimum absolute atomic E-state index is 0.525. The molecule has 1 aliphatic heterocycles. The molecule has 1 saturated heterocycles. The second kappa shape index (κ2) is 5.10. The molecule has 1 aliphatic carbocycles. The minimum atomic E-state index is 0.525. The fourth-order valence-electron chi connectivity index (χ4n) is 2.59. The Hall–Kier alpha value is -1.36. The van der Waals surface area contributed by atoms with Gasteiger partial charge in [0.05, 0.1) is 12.4 Å². The standard InChI is InChI=1S/C13H21N5/c1-2-15-12-7-14-8-13(17-12)16-10-5-6-18(9-10)11-3-4-11/h7-8,10-11H,2-6,9H2,1H3,(H2,15,16,17). The second-order valence-corrected chi connectivity index (χ2v) is 5.18. The Morgan fingerprint density at radius 1 is 1.28 bits per heavy atom. The van der Waals surface area contributed by atoms with E-state index in [1.54, 1.807) is 12.4 Å². The summed E-state index contributed by atoms with van der Waals surface area (Å²) >= 11 is 0. The highest BCUT2D eigenvalue weighted by molar-refractivity contribution is 5.42. The van der Waals surface area contributed by atoms with Gasteiger partial charge in [-0.15, -0.1) is 0 Å². The van der Waals surface area contributed by atoms with Crippen molar-refractivity contribution in [3.63, 3.8) is 0 Å². The Bertz CT molecular complexity index is 404. The van der Waals surface area contributed by atoms with Crippen LogP contribution in [0.3, 0.4) is 0 Å². The van der Waals surface area contributed by atoms with Gasteiger partial charge in [-0.2, -0.15) is 0 Å². The molecule has 0 spiro atoms. The molecule has 18 heavy (non-hydrogen) atoms. The Morgan fingerprint density at radius 3 is 2.89 bits per heavy atom. The van der Waals surface area contributed by atoms with E-state index in [1.807, 2.05) is 0 Å². The van der Waals surface area contributed by atoms with Crippen molar-refractivity contribution in [1.29, 1.82) is 0 Å². The summed E-state index contributed by atoms with van der Waals surface area (Å²) in [5.41, 5.74) is 0. The molecular formula is C13H21N5. The molecule has 1 saturated carbocycles. The molecule has 2 fully saturated rings. The van der Waals surface area contributed by atoms with Crippen LogP contribution in [0.2, 0.25) is 0 Å².